The van der Waals surface area contributed by atoms with Gasteiger partial charge in [0.05, 0.1) is 5.69 Å². The summed E-state index contributed by atoms with van der Waals surface area (Å²) in [5, 5.41) is 9.31. The first-order valence-corrected chi connectivity index (χ1v) is 11.1. The third-order valence-corrected chi connectivity index (χ3v) is 6.75. The molecule has 0 bridgehead atoms. The number of rotatable bonds is 1. The van der Waals surface area contributed by atoms with Crippen LogP contribution >= 0.6 is 0 Å². The third-order valence-electron chi connectivity index (χ3n) is 6.75. The van der Waals surface area contributed by atoms with Crippen molar-refractivity contribution in [1.29, 1.82) is 0 Å². The molecule has 2 aromatic heterocycles. The van der Waals surface area contributed by atoms with E-state index in [0.717, 1.165) is 32.9 Å². The topological polar surface area (TPSA) is 26.0 Å². The summed E-state index contributed by atoms with van der Waals surface area (Å²) < 4.78 is 29.8. The van der Waals surface area contributed by atoms with Crippen LogP contribution in [0.1, 0.15) is 15.2 Å². The van der Waals surface area contributed by atoms with Gasteiger partial charge in [0.2, 0.25) is 0 Å². The molecule has 7 rings (SSSR count). The van der Waals surface area contributed by atoms with Gasteiger partial charge in [0.1, 0.15) is 11.2 Å². The number of aromatic nitrogens is 1. The van der Waals surface area contributed by atoms with E-state index in [-0.39, 0.29) is 5.56 Å². The molecule has 0 aliphatic rings. The fraction of sp³-hybridized carbons (Fsp3) is 0.0645. The van der Waals surface area contributed by atoms with Crippen molar-refractivity contribution in [2.24, 2.45) is 0 Å². The zero-order valence-electron chi connectivity index (χ0n) is 21.0. The monoisotopic (exact) mass is 426 g/mol. The number of aryl methyl sites for hydroxylation is 2. The summed E-state index contributed by atoms with van der Waals surface area (Å²) in [6, 6.07) is 29.3. The second-order valence-corrected chi connectivity index (χ2v) is 8.65. The van der Waals surface area contributed by atoms with Gasteiger partial charge in [0.15, 0.2) is 0 Å². The van der Waals surface area contributed by atoms with E-state index in [1.807, 2.05) is 25.1 Å². The van der Waals surface area contributed by atoms with Crippen molar-refractivity contribution in [2.45, 2.75) is 13.8 Å². The highest BCUT2D eigenvalue weighted by molar-refractivity contribution is 6.28. The summed E-state index contributed by atoms with van der Waals surface area (Å²) in [5.74, 6) is 0. The van der Waals surface area contributed by atoms with Crippen molar-refractivity contribution in [3.05, 3.63) is 102 Å². The van der Waals surface area contributed by atoms with Crippen LogP contribution in [0.5, 0.6) is 0 Å². The number of para-hydroxylation sites is 1. The molecule has 0 saturated heterocycles. The summed E-state index contributed by atoms with van der Waals surface area (Å²) in [6.07, 6.45) is 1.46. The van der Waals surface area contributed by atoms with Gasteiger partial charge in [-0.05, 0) is 81.5 Å². The first-order valence-electron chi connectivity index (χ1n) is 12.6. The molecule has 7 aromatic rings. The molecule has 0 atom stereocenters. The number of benzene rings is 5. The fourth-order valence-corrected chi connectivity index (χ4v) is 5.10. The van der Waals surface area contributed by atoms with Crippen molar-refractivity contribution in [1.82, 2.24) is 4.98 Å². The first-order chi connectivity index (χ1) is 17.4. The van der Waals surface area contributed by atoms with Crippen LogP contribution in [-0.2, 0) is 0 Å². The maximum atomic E-state index is 7.75. The standard InChI is InChI=1S/C31H21NO/c1-18-14-29(32-17-19(18)2)25-13-7-12-24-28-15-26-22-10-5-3-8-20(22)21-9-4-6-11-23(21)27(26)16-30(28)33-31(24)25/h3-17H,1-2H3/i2D3. The minimum absolute atomic E-state index is 0.271. The number of fused-ring (bicyclic) bond motifs is 9. The van der Waals surface area contributed by atoms with Crippen molar-refractivity contribution in [3.63, 3.8) is 0 Å². The van der Waals surface area contributed by atoms with Crippen LogP contribution in [-0.4, -0.2) is 4.98 Å². The van der Waals surface area contributed by atoms with Crippen molar-refractivity contribution in [3.8, 4) is 11.3 Å². The molecule has 0 radical (unpaired) electrons. The van der Waals surface area contributed by atoms with Crippen LogP contribution in [0.3, 0.4) is 0 Å². The molecule has 2 heterocycles. The smallest absolute Gasteiger partial charge is 0.144 e. The quantitative estimate of drug-likeness (QED) is 0.245. The number of furan rings is 1. The third kappa shape index (κ3) is 2.58. The molecule has 0 unspecified atom stereocenters. The average Bonchev–Trinajstić information content (AvgIpc) is 3.25. The number of pyridine rings is 1. The van der Waals surface area contributed by atoms with Crippen LogP contribution in [0.15, 0.2) is 95.5 Å². The summed E-state index contributed by atoms with van der Waals surface area (Å²) in [5.41, 5.74) is 4.09. The Balaban J connectivity index is 1.55. The van der Waals surface area contributed by atoms with Gasteiger partial charge in [0.25, 0.3) is 0 Å². The molecule has 0 fully saturated rings. The highest BCUT2D eigenvalue weighted by atomic mass is 16.3. The van der Waals surface area contributed by atoms with Crippen LogP contribution in [0, 0.1) is 13.8 Å². The SMILES string of the molecule is [2H]C([2H])([2H])c1cnc(-c2cccc3c2oc2cc4c5ccccc5c5ccccc5c4cc23)cc1C. The lowest BCUT2D eigenvalue weighted by Gasteiger charge is -2.10. The second-order valence-electron chi connectivity index (χ2n) is 8.65. The van der Waals surface area contributed by atoms with E-state index in [1.54, 1.807) is 0 Å². The molecule has 0 aliphatic carbocycles. The summed E-state index contributed by atoms with van der Waals surface area (Å²) in [7, 11) is 0. The van der Waals surface area contributed by atoms with Gasteiger partial charge >= 0.3 is 0 Å². The lowest BCUT2D eigenvalue weighted by Crippen LogP contribution is -1.88. The van der Waals surface area contributed by atoms with E-state index < -0.39 is 6.85 Å². The zero-order valence-corrected chi connectivity index (χ0v) is 18.0. The summed E-state index contributed by atoms with van der Waals surface area (Å²) >= 11 is 0. The van der Waals surface area contributed by atoms with Gasteiger partial charge in [-0.2, -0.15) is 0 Å². The minimum Gasteiger partial charge on any atom is -0.455 e. The first kappa shape index (κ1) is 15.6. The van der Waals surface area contributed by atoms with Gasteiger partial charge < -0.3 is 4.42 Å². The molecule has 0 amide bonds. The largest absolute Gasteiger partial charge is 0.455 e. The van der Waals surface area contributed by atoms with E-state index in [9.17, 15) is 0 Å². The zero-order chi connectivity index (χ0) is 24.6. The molecule has 5 aromatic carbocycles. The van der Waals surface area contributed by atoms with Crippen LogP contribution in [0.2, 0.25) is 0 Å². The van der Waals surface area contributed by atoms with E-state index in [4.69, 9.17) is 8.53 Å². The van der Waals surface area contributed by atoms with Gasteiger partial charge in [-0.3, -0.25) is 4.98 Å². The normalized spacial score (nSPS) is 13.7. The van der Waals surface area contributed by atoms with E-state index in [2.05, 4.69) is 71.7 Å². The fourth-order valence-electron chi connectivity index (χ4n) is 5.10. The van der Waals surface area contributed by atoms with Crippen molar-refractivity contribution in [2.75, 3.05) is 0 Å². The number of hydrogen-bond acceptors (Lipinski definition) is 2. The lowest BCUT2D eigenvalue weighted by molar-refractivity contribution is 0.670. The Hall–Kier alpha value is -4.17. The second kappa shape index (κ2) is 6.66. The Bertz CT molecular complexity index is 2000. The predicted molar refractivity (Wildman–Crippen MR) is 139 cm³/mol. The highest BCUT2D eigenvalue weighted by Gasteiger charge is 2.16. The van der Waals surface area contributed by atoms with E-state index >= 15 is 0 Å². The lowest BCUT2D eigenvalue weighted by atomic mass is 9.93. The van der Waals surface area contributed by atoms with Gasteiger partial charge in [-0.15, -0.1) is 0 Å². The summed E-state index contributed by atoms with van der Waals surface area (Å²) in [4.78, 5) is 4.51. The Morgan fingerprint density at radius 1 is 0.636 bits per heavy atom. The maximum absolute atomic E-state index is 7.75. The van der Waals surface area contributed by atoms with Gasteiger partial charge in [0, 0.05) is 26.6 Å². The van der Waals surface area contributed by atoms with Crippen molar-refractivity contribution >= 4 is 54.3 Å². The minimum atomic E-state index is -2.19. The number of hydrogen-bond donors (Lipinski definition) is 0. The average molecular weight is 427 g/mol. The maximum Gasteiger partial charge on any atom is 0.144 e. The molecular formula is C31H21NO. The van der Waals surface area contributed by atoms with Crippen LogP contribution in [0.25, 0.3) is 65.5 Å². The Kier molecular flexibility index (Phi) is 3.15. The Labute approximate surface area is 195 Å². The number of nitrogens with zero attached hydrogens (tertiary/aromatic N) is 1. The molecule has 33 heavy (non-hydrogen) atoms. The van der Waals surface area contributed by atoms with E-state index in [1.165, 1.54) is 33.1 Å². The van der Waals surface area contributed by atoms with Crippen LogP contribution in [0.4, 0.5) is 0 Å². The molecule has 2 nitrogen and oxygen atoms in total. The van der Waals surface area contributed by atoms with Gasteiger partial charge in [-0.1, -0.05) is 60.7 Å². The van der Waals surface area contributed by atoms with Gasteiger partial charge in [-0.25, -0.2) is 0 Å². The molecule has 0 saturated carbocycles. The highest BCUT2D eigenvalue weighted by Crippen LogP contribution is 2.41. The van der Waals surface area contributed by atoms with Crippen LogP contribution < -0.4 is 0 Å². The molecule has 156 valence electrons. The molecule has 2 heteroatoms. The molecular weight excluding hydrogens is 402 g/mol. The molecule has 0 spiro atoms. The Morgan fingerprint density at radius 2 is 1.27 bits per heavy atom. The summed E-state index contributed by atoms with van der Waals surface area (Å²) in [6.45, 7) is -0.374. The molecule has 0 aliphatic heterocycles. The Morgan fingerprint density at radius 3 is 1.94 bits per heavy atom. The van der Waals surface area contributed by atoms with E-state index in [0.29, 0.717) is 11.3 Å². The molecule has 0 N–H and O–H groups in total. The predicted octanol–water partition coefficient (Wildman–Crippen LogP) is 8.72. The van der Waals surface area contributed by atoms with Crippen molar-refractivity contribution < 1.29 is 8.53 Å².